The second-order valence-electron chi connectivity index (χ2n) is 3.49. The van der Waals surface area contributed by atoms with E-state index in [2.05, 4.69) is 5.32 Å². The van der Waals surface area contributed by atoms with Crippen LogP contribution >= 0.6 is 11.6 Å². The van der Waals surface area contributed by atoms with Crippen molar-refractivity contribution in [2.24, 2.45) is 0 Å². The molecule has 1 fully saturated rings. The number of benzene rings is 1. The molecule has 1 aliphatic heterocycles. The number of sulfonamides is 1. The minimum Gasteiger partial charge on any atom is -0.353 e. The maximum Gasteiger partial charge on any atom is 0.243 e. The molecule has 0 bridgehead atoms. The van der Waals surface area contributed by atoms with Gasteiger partial charge in [-0.15, -0.1) is 0 Å². The number of amides is 1. The SMILES string of the molecule is O=C1[CH]N(S(=O)(=O)c2ccc(Cl)cc2)CCN1. The molecule has 1 amide bonds. The number of piperazine rings is 1. The smallest absolute Gasteiger partial charge is 0.243 e. The number of carbonyl (C=O) groups excluding carboxylic acids is 1. The predicted octanol–water partition coefficient (Wildman–Crippen LogP) is 0.622. The Hall–Kier alpha value is -1.11. The van der Waals surface area contributed by atoms with Crippen LogP contribution < -0.4 is 5.32 Å². The van der Waals surface area contributed by atoms with Crippen LogP contribution in [0.4, 0.5) is 0 Å². The van der Waals surface area contributed by atoms with Gasteiger partial charge in [0.2, 0.25) is 15.9 Å². The van der Waals surface area contributed by atoms with Crippen molar-refractivity contribution in [3.8, 4) is 0 Å². The molecule has 1 aromatic carbocycles. The standard InChI is InChI=1S/C10H10ClN2O3S/c11-8-1-3-9(4-2-8)17(15,16)13-6-5-12-10(14)7-13/h1-4,7H,5-6H2,(H,12,14). The second kappa shape index (κ2) is 4.64. The Labute approximate surface area is 104 Å². The highest BCUT2D eigenvalue weighted by atomic mass is 35.5. The van der Waals surface area contributed by atoms with E-state index in [4.69, 9.17) is 11.6 Å². The average molecular weight is 274 g/mol. The van der Waals surface area contributed by atoms with E-state index in [1.807, 2.05) is 0 Å². The Kier molecular flexibility index (Phi) is 3.37. The van der Waals surface area contributed by atoms with E-state index in [-0.39, 0.29) is 11.4 Å². The fourth-order valence-corrected chi connectivity index (χ4v) is 2.90. The molecule has 0 aromatic heterocycles. The average Bonchev–Trinajstić information content (AvgIpc) is 2.29. The summed E-state index contributed by atoms with van der Waals surface area (Å²) in [6.45, 7) is 1.59. The maximum atomic E-state index is 12.1. The van der Waals surface area contributed by atoms with Gasteiger partial charge < -0.3 is 5.32 Å². The third-order valence-corrected chi connectivity index (χ3v) is 4.34. The van der Waals surface area contributed by atoms with E-state index in [0.717, 1.165) is 10.8 Å². The summed E-state index contributed by atoms with van der Waals surface area (Å²) in [5.41, 5.74) is 0. The van der Waals surface area contributed by atoms with Gasteiger partial charge in [-0.2, -0.15) is 4.31 Å². The first kappa shape index (κ1) is 12.3. The van der Waals surface area contributed by atoms with Crippen LogP contribution in [0.1, 0.15) is 0 Å². The Morgan fingerprint density at radius 2 is 1.88 bits per heavy atom. The molecule has 1 aliphatic rings. The Morgan fingerprint density at radius 1 is 1.24 bits per heavy atom. The van der Waals surface area contributed by atoms with Gasteiger partial charge >= 0.3 is 0 Å². The summed E-state index contributed by atoms with van der Waals surface area (Å²) in [6.07, 6.45) is 0. The molecule has 0 atom stereocenters. The molecule has 1 heterocycles. The van der Waals surface area contributed by atoms with Crippen LogP contribution in [-0.2, 0) is 14.8 Å². The molecule has 1 aromatic rings. The van der Waals surface area contributed by atoms with Gasteiger partial charge in [-0.3, -0.25) is 4.79 Å². The molecule has 1 saturated heterocycles. The van der Waals surface area contributed by atoms with Crippen LogP contribution in [0.15, 0.2) is 29.2 Å². The summed E-state index contributed by atoms with van der Waals surface area (Å²) in [6, 6.07) is 5.83. The van der Waals surface area contributed by atoms with Crippen molar-refractivity contribution in [3.63, 3.8) is 0 Å². The first-order chi connectivity index (χ1) is 8.00. The lowest BCUT2D eigenvalue weighted by Gasteiger charge is -2.25. The van der Waals surface area contributed by atoms with Crippen LogP contribution in [0.3, 0.4) is 0 Å². The highest BCUT2D eigenvalue weighted by Gasteiger charge is 2.29. The number of nitrogens with one attached hydrogen (secondary N) is 1. The van der Waals surface area contributed by atoms with Gasteiger partial charge in [-0.25, -0.2) is 8.42 Å². The third kappa shape index (κ3) is 2.59. The van der Waals surface area contributed by atoms with E-state index in [1.54, 1.807) is 0 Å². The molecule has 1 radical (unpaired) electrons. The highest BCUT2D eigenvalue weighted by molar-refractivity contribution is 7.89. The molecule has 2 rings (SSSR count). The Balaban J connectivity index is 2.29. The normalized spacial score (nSPS) is 17.8. The number of hydrogen-bond acceptors (Lipinski definition) is 3. The van der Waals surface area contributed by atoms with Gasteiger partial charge in [0.15, 0.2) is 0 Å². The molecule has 17 heavy (non-hydrogen) atoms. The quantitative estimate of drug-likeness (QED) is 0.859. The summed E-state index contributed by atoms with van der Waals surface area (Å²) in [7, 11) is -3.65. The molecule has 1 N–H and O–H groups in total. The van der Waals surface area contributed by atoms with Crippen LogP contribution in [0.25, 0.3) is 0 Å². The lowest BCUT2D eigenvalue weighted by molar-refractivity contribution is -0.120. The van der Waals surface area contributed by atoms with Crippen LogP contribution in [-0.4, -0.2) is 31.7 Å². The molecule has 0 aliphatic carbocycles. The first-order valence-electron chi connectivity index (χ1n) is 4.90. The summed E-state index contributed by atoms with van der Waals surface area (Å²) >= 11 is 5.69. The zero-order valence-corrected chi connectivity index (χ0v) is 10.3. The molecule has 5 nitrogen and oxygen atoms in total. The largest absolute Gasteiger partial charge is 0.353 e. The van der Waals surface area contributed by atoms with Crippen molar-refractivity contribution in [2.75, 3.05) is 13.1 Å². The number of rotatable bonds is 2. The lowest BCUT2D eigenvalue weighted by Crippen LogP contribution is -2.46. The fourth-order valence-electron chi connectivity index (χ4n) is 1.46. The minimum atomic E-state index is -3.65. The lowest BCUT2D eigenvalue weighted by atomic mass is 10.4. The van der Waals surface area contributed by atoms with E-state index < -0.39 is 15.9 Å². The number of halogens is 1. The molecular formula is C10H10ClN2O3S. The fraction of sp³-hybridized carbons (Fsp3) is 0.200. The van der Waals surface area contributed by atoms with Gasteiger partial charge in [-0.1, -0.05) is 11.6 Å². The zero-order chi connectivity index (χ0) is 12.5. The summed E-state index contributed by atoms with van der Waals surface area (Å²) in [5, 5.41) is 2.99. The molecule has 7 heteroatoms. The van der Waals surface area contributed by atoms with Crippen molar-refractivity contribution < 1.29 is 13.2 Å². The van der Waals surface area contributed by atoms with Gasteiger partial charge in [0, 0.05) is 18.1 Å². The van der Waals surface area contributed by atoms with Gasteiger partial charge in [0.05, 0.1) is 4.90 Å². The molecule has 0 unspecified atom stereocenters. The number of hydrogen-bond donors (Lipinski definition) is 1. The summed E-state index contributed by atoms with van der Waals surface area (Å²) < 4.78 is 25.3. The van der Waals surface area contributed by atoms with E-state index >= 15 is 0 Å². The van der Waals surface area contributed by atoms with Crippen LogP contribution in [0, 0.1) is 6.54 Å². The van der Waals surface area contributed by atoms with Crippen molar-refractivity contribution in [2.45, 2.75) is 4.90 Å². The van der Waals surface area contributed by atoms with Crippen molar-refractivity contribution in [1.82, 2.24) is 9.62 Å². The van der Waals surface area contributed by atoms with Crippen molar-refractivity contribution in [1.29, 1.82) is 0 Å². The second-order valence-corrected chi connectivity index (χ2v) is 5.82. The Bertz CT molecular complexity index is 527. The van der Waals surface area contributed by atoms with Crippen LogP contribution in [0.2, 0.25) is 5.02 Å². The van der Waals surface area contributed by atoms with Gasteiger partial charge in [0.1, 0.15) is 6.54 Å². The van der Waals surface area contributed by atoms with E-state index in [9.17, 15) is 13.2 Å². The van der Waals surface area contributed by atoms with Crippen LogP contribution in [0.5, 0.6) is 0 Å². The summed E-state index contributed by atoms with van der Waals surface area (Å²) in [4.78, 5) is 11.2. The van der Waals surface area contributed by atoms with Gasteiger partial charge in [0.25, 0.3) is 0 Å². The van der Waals surface area contributed by atoms with E-state index in [0.29, 0.717) is 11.6 Å². The van der Waals surface area contributed by atoms with Gasteiger partial charge in [-0.05, 0) is 24.3 Å². The summed E-state index contributed by atoms with van der Waals surface area (Å²) in [5.74, 6) is -0.409. The topological polar surface area (TPSA) is 66.5 Å². The maximum absolute atomic E-state index is 12.1. The molecular weight excluding hydrogens is 264 g/mol. The monoisotopic (exact) mass is 273 g/mol. The molecule has 91 valence electrons. The van der Waals surface area contributed by atoms with Crippen molar-refractivity contribution >= 4 is 27.5 Å². The highest BCUT2D eigenvalue weighted by Crippen LogP contribution is 2.19. The van der Waals surface area contributed by atoms with Crippen molar-refractivity contribution in [3.05, 3.63) is 35.8 Å². The predicted molar refractivity (Wildman–Crippen MR) is 62.7 cm³/mol. The number of nitrogens with zero attached hydrogens (tertiary/aromatic N) is 1. The minimum absolute atomic E-state index is 0.118. The Morgan fingerprint density at radius 3 is 2.47 bits per heavy atom. The zero-order valence-electron chi connectivity index (χ0n) is 8.76. The van der Waals surface area contributed by atoms with E-state index in [1.165, 1.54) is 24.3 Å². The molecule has 0 saturated carbocycles. The third-order valence-electron chi connectivity index (χ3n) is 2.31. The number of carbonyl (C=O) groups is 1. The molecule has 0 spiro atoms. The first-order valence-corrected chi connectivity index (χ1v) is 6.72.